The average molecular weight is 500 g/mol. The van der Waals surface area contributed by atoms with Gasteiger partial charge in [-0.25, -0.2) is 9.78 Å². The molecule has 4 rings (SSSR count). The maximum atomic E-state index is 12.9. The number of esters is 1. The van der Waals surface area contributed by atoms with E-state index in [1.165, 1.54) is 24.9 Å². The quantitative estimate of drug-likeness (QED) is 0.409. The van der Waals surface area contributed by atoms with Crippen LogP contribution in [0.2, 0.25) is 0 Å². The summed E-state index contributed by atoms with van der Waals surface area (Å²) in [6.07, 6.45) is 4.96. The van der Waals surface area contributed by atoms with Crippen molar-refractivity contribution in [2.24, 2.45) is 0 Å². The van der Waals surface area contributed by atoms with Crippen LogP contribution in [0, 0.1) is 6.92 Å². The van der Waals surface area contributed by atoms with Crippen molar-refractivity contribution in [2.45, 2.75) is 64.3 Å². The highest BCUT2D eigenvalue weighted by Crippen LogP contribution is 2.28. The fourth-order valence-electron chi connectivity index (χ4n) is 4.74. The molecule has 0 spiro atoms. The number of benzene rings is 1. The first-order valence-corrected chi connectivity index (χ1v) is 12.9. The topological polar surface area (TPSA) is 105 Å². The number of fused-ring (bicyclic) bond motifs is 1. The number of ether oxygens (including phenoxy) is 2. The van der Waals surface area contributed by atoms with Crippen molar-refractivity contribution < 1.29 is 19.4 Å². The number of aryl methyl sites for hydroxylation is 1. The number of nitrogens with zero attached hydrogens (tertiary/aromatic N) is 2. The number of methoxy groups -OCH3 is 1. The van der Waals surface area contributed by atoms with Gasteiger partial charge >= 0.3 is 5.97 Å². The Bertz CT molecular complexity index is 1190. The molecular formula is C26H33N3O5S. The maximum Gasteiger partial charge on any atom is 0.348 e. The monoisotopic (exact) mass is 499 g/mol. The lowest BCUT2D eigenvalue weighted by Gasteiger charge is -2.35. The number of carbonyl (C=O) groups excluding carboxylic acids is 1. The summed E-state index contributed by atoms with van der Waals surface area (Å²) in [6, 6.07) is 10.2. The second-order valence-corrected chi connectivity index (χ2v) is 10.1. The van der Waals surface area contributed by atoms with Gasteiger partial charge in [0.1, 0.15) is 15.5 Å². The lowest BCUT2D eigenvalue weighted by Crippen LogP contribution is -2.43. The number of hydrogen-bond donors (Lipinski definition) is 2. The van der Waals surface area contributed by atoms with Gasteiger partial charge in [0.05, 0.1) is 38.4 Å². The van der Waals surface area contributed by atoms with Crippen LogP contribution in [0.5, 0.6) is 0 Å². The lowest BCUT2D eigenvalue weighted by molar-refractivity contribution is -0.00393. The summed E-state index contributed by atoms with van der Waals surface area (Å²) in [6.45, 7) is 3.26. The molecule has 0 aliphatic heterocycles. The summed E-state index contributed by atoms with van der Waals surface area (Å²) in [7, 11) is 1.33. The molecule has 0 bridgehead atoms. The van der Waals surface area contributed by atoms with Crippen LogP contribution in [0.25, 0.3) is 10.2 Å². The van der Waals surface area contributed by atoms with E-state index in [2.05, 4.69) is 14.9 Å². The normalized spacial score (nSPS) is 15.5. The molecule has 2 heterocycles. The molecule has 3 aromatic rings. The number of aromatic nitrogens is 2. The van der Waals surface area contributed by atoms with Gasteiger partial charge in [0.25, 0.3) is 5.56 Å². The highest BCUT2D eigenvalue weighted by molar-refractivity contribution is 7.20. The molecule has 1 aliphatic rings. The third kappa shape index (κ3) is 6.35. The number of H-pyrrole nitrogens is 1. The molecule has 1 saturated carbocycles. The predicted octanol–water partition coefficient (Wildman–Crippen LogP) is 3.79. The number of aliphatic hydroxyl groups excluding tert-OH is 1. The fourth-order valence-corrected chi connectivity index (χ4v) is 5.86. The van der Waals surface area contributed by atoms with Gasteiger partial charge < -0.3 is 19.6 Å². The van der Waals surface area contributed by atoms with Gasteiger partial charge in [-0.1, -0.05) is 49.6 Å². The first kappa shape index (κ1) is 25.5. The molecule has 1 atom stereocenters. The molecule has 1 fully saturated rings. The number of nitrogens with one attached hydrogen (secondary N) is 1. The van der Waals surface area contributed by atoms with Crippen LogP contribution in [0.1, 0.15) is 58.7 Å². The Labute approximate surface area is 208 Å². The molecule has 0 amide bonds. The Hall–Kier alpha value is -2.59. The molecule has 0 saturated heterocycles. The van der Waals surface area contributed by atoms with Crippen molar-refractivity contribution in [1.82, 2.24) is 14.9 Å². The molecule has 0 radical (unpaired) electrons. The summed E-state index contributed by atoms with van der Waals surface area (Å²) in [4.78, 5) is 35.7. The van der Waals surface area contributed by atoms with Crippen LogP contribution in [-0.2, 0) is 22.6 Å². The number of carbonyl (C=O) groups is 1. The van der Waals surface area contributed by atoms with Gasteiger partial charge in [0.2, 0.25) is 0 Å². The predicted molar refractivity (Wildman–Crippen MR) is 136 cm³/mol. The minimum absolute atomic E-state index is 0.230. The van der Waals surface area contributed by atoms with Crippen molar-refractivity contribution in [1.29, 1.82) is 0 Å². The highest BCUT2D eigenvalue weighted by Gasteiger charge is 2.25. The zero-order valence-corrected chi connectivity index (χ0v) is 21.1. The Morgan fingerprint density at radius 2 is 2.00 bits per heavy atom. The minimum Gasteiger partial charge on any atom is -0.465 e. The van der Waals surface area contributed by atoms with Crippen molar-refractivity contribution in [3.05, 3.63) is 62.5 Å². The van der Waals surface area contributed by atoms with Gasteiger partial charge in [0, 0.05) is 12.6 Å². The zero-order valence-electron chi connectivity index (χ0n) is 20.3. The van der Waals surface area contributed by atoms with Gasteiger partial charge in [-0.3, -0.25) is 9.69 Å². The van der Waals surface area contributed by atoms with Crippen LogP contribution in [0.4, 0.5) is 0 Å². The molecular weight excluding hydrogens is 466 g/mol. The first-order valence-electron chi connectivity index (χ1n) is 12.1. The molecule has 1 aliphatic carbocycles. The number of aromatic amines is 1. The van der Waals surface area contributed by atoms with Crippen LogP contribution in [-0.4, -0.2) is 58.4 Å². The van der Waals surface area contributed by atoms with Crippen LogP contribution < -0.4 is 5.56 Å². The average Bonchev–Trinajstić information content (AvgIpc) is 3.21. The minimum atomic E-state index is -0.661. The van der Waals surface area contributed by atoms with E-state index in [0.717, 1.165) is 31.2 Å². The fraction of sp³-hybridized carbons (Fsp3) is 0.500. The summed E-state index contributed by atoms with van der Waals surface area (Å²) in [5.74, 6) is 0.0667. The number of thiophene rings is 1. The van der Waals surface area contributed by atoms with E-state index in [1.807, 2.05) is 30.3 Å². The zero-order chi connectivity index (χ0) is 24.8. The third-order valence-corrected chi connectivity index (χ3v) is 7.70. The van der Waals surface area contributed by atoms with Crippen LogP contribution >= 0.6 is 11.3 Å². The Morgan fingerprint density at radius 1 is 1.26 bits per heavy atom. The van der Waals surface area contributed by atoms with E-state index >= 15 is 0 Å². The van der Waals surface area contributed by atoms with E-state index in [4.69, 9.17) is 9.47 Å². The van der Waals surface area contributed by atoms with E-state index in [1.54, 1.807) is 6.92 Å². The lowest BCUT2D eigenvalue weighted by atomic mass is 9.94. The van der Waals surface area contributed by atoms with Crippen LogP contribution in [0.15, 0.2) is 35.1 Å². The second-order valence-electron chi connectivity index (χ2n) is 9.12. The first-order chi connectivity index (χ1) is 17.0. The van der Waals surface area contributed by atoms with Crippen molar-refractivity contribution in [3.63, 3.8) is 0 Å². The largest absolute Gasteiger partial charge is 0.465 e. The Balaban J connectivity index is 1.48. The Morgan fingerprint density at radius 3 is 2.71 bits per heavy atom. The summed E-state index contributed by atoms with van der Waals surface area (Å²) in [5.41, 5.74) is 1.40. The third-order valence-electron chi connectivity index (χ3n) is 6.53. The van der Waals surface area contributed by atoms with Crippen molar-refractivity contribution in [2.75, 3.05) is 20.3 Å². The van der Waals surface area contributed by atoms with E-state index in [0.29, 0.717) is 52.2 Å². The SMILES string of the molecule is COC(=O)c1sc2nc(CN(CC(O)COCc3ccccc3)C3CCCCC3)[nH]c(=O)c2c1C. The summed E-state index contributed by atoms with van der Waals surface area (Å²) in [5, 5.41) is 11.2. The van der Waals surface area contributed by atoms with Crippen molar-refractivity contribution in [3.8, 4) is 0 Å². The summed E-state index contributed by atoms with van der Waals surface area (Å²) >= 11 is 1.18. The summed E-state index contributed by atoms with van der Waals surface area (Å²) < 4.78 is 10.6. The molecule has 35 heavy (non-hydrogen) atoms. The van der Waals surface area contributed by atoms with E-state index in [-0.39, 0.29) is 12.2 Å². The van der Waals surface area contributed by atoms with Gasteiger partial charge in [-0.05, 0) is 30.9 Å². The highest BCUT2D eigenvalue weighted by atomic mass is 32.1. The molecule has 9 heteroatoms. The van der Waals surface area contributed by atoms with E-state index < -0.39 is 12.1 Å². The molecule has 1 aromatic carbocycles. The van der Waals surface area contributed by atoms with Gasteiger partial charge in [-0.15, -0.1) is 11.3 Å². The maximum absolute atomic E-state index is 12.9. The van der Waals surface area contributed by atoms with Gasteiger partial charge in [0.15, 0.2) is 0 Å². The smallest absolute Gasteiger partial charge is 0.348 e. The standard InChI is InChI=1S/C26H33N3O5S/c1-17-22-24(31)27-21(28-25(22)35-23(17)26(32)33-2)14-29(19-11-7-4-8-12-19)13-20(30)16-34-15-18-9-5-3-6-10-18/h3,5-6,9-10,19-20,30H,4,7-8,11-16H2,1-2H3,(H,27,28,31). The van der Waals surface area contributed by atoms with Crippen LogP contribution in [0.3, 0.4) is 0 Å². The Kier molecular flexibility index (Phi) is 8.67. The van der Waals surface area contributed by atoms with Gasteiger partial charge in [-0.2, -0.15) is 0 Å². The molecule has 8 nitrogen and oxygen atoms in total. The van der Waals surface area contributed by atoms with Crippen molar-refractivity contribution >= 4 is 27.5 Å². The number of hydrogen-bond acceptors (Lipinski definition) is 8. The molecule has 188 valence electrons. The van der Waals surface area contributed by atoms with E-state index in [9.17, 15) is 14.7 Å². The molecule has 2 aromatic heterocycles. The number of rotatable bonds is 10. The molecule has 1 unspecified atom stereocenters. The second kappa shape index (κ2) is 11.9. The molecule has 2 N–H and O–H groups in total. The number of aliphatic hydroxyl groups is 1.